The Hall–Kier alpha value is -1.65. The van der Waals surface area contributed by atoms with Gasteiger partial charge in [0.25, 0.3) is 0 Å². The van der Waals surface area contributed by atoms with Crippen LogP contribution in [-0.2, 0) is 27.7 Å². The number of hydrogen-bond acceptors (Lipinski definition) is 4. The Morgan fingerprint density at radius 3 is 2.40 bits per heavy atom. The molecule has 0 aromatic heterocycles. The first kappa shape index (κ1) is 26.4. The van der Waals surface area contributed by atoms with Gasteiger partial charge in [0, 0.05) is 33.0 Å². The number of benzene rings is 2. The van der Waals surface area contributed by atoms with Crippen LogP contribution in [0.15, 0.2) is 58.4 Å². The van der Waals surface area contributed by atoms with Gasteiger partial charge >= 0.3 is 0 Å². The molecule has 8 heteroatoms. The van der Waals surface area contributed by atoms with Crippen molar-refractivity contribution in [2.75, 3.05) is 26.5 Å². The van der Waals surface area contributed by atoms with Crippen molar-refractivity contribution < 1.29 is 13.2 Å². The molecule has 30 heavy (non-hydrogen) atoms. The molecule has 0 fully saturated rings. The van der Waals surface area contributed by atoms with E-state index in [9.17, 15) is 8.42 Å². The van der Waals surface area contributed by atoms with Gasteiger partial charge < -0.3 is 15.4 Å². The average Bonchev–Trinajstić information content (AvgIpc) is 2.69. The number of aliphatic imine (C=N–C) groups is 1. The molecule has 0 saturated carbocycles. The highest BCUT2D eigenvalue weighted by Crippen LogP contribution is 2.16. The number of nitrogens with zero attached hydrogens (tertiary/aromatic N) is 1. The summed E-state index contributed by atoms with van der Waals surface area (Å²) in [6.45, 7) is 4.57. The Morgan fingerprint density at radius 2 is 1.77 bits per heavy atom. The number of ether oxygens (including phenoxy) is 1. The van der Waals surface area contributed by atoms with Crippen molar-refractivity contribution in [3.8, 4) is 0 Å². The van der Waals surface area contributed by atoms with Crippen molar-refractivity contribution in [2.24, 2.45) is 4.99 Å². The Kier molecular flexibility index (Phi) is 12.0. The van der Waals surface area contributed by atoms with E-state index >= 15 is 0 Å². The lowest BCUT2D eigenvalue weighted by Gasteiger charge is -2.13. The Balaban J connectivity index is 0.00000450. The molecule has 0 radical (unpaired) electrons. The van der Waals surface area contributed by atoms with E-state index in [2.05, 4.69) is 27.8 Å². The molecule has 0 saturated heterocycles. The van der Waals surface area contributed by atoms with Crippen LogP contribution in [0.25, 0.3) is 0 Å². The average molecular weight is 545 g/mol. The molecular weight excluding hydrogens is 513 g/mol. The number of guanidine groups is 1. The molecule has 0 aliphatic carbocycles. The number of aryl methyl sites for hydroxylation is 1. The molecule has 2 aromatic rings. The lowest BCUT2D eigenvalue weighted by molar-refractivity contribution is 0.117. The van der Waals surface area contributed by atoms with Crippen molar-refractivity contribution in [3.05, 3.63) is 65.2 Å². The minimum absolute atomic E-state index is 0. The third-order valence-electron chi connectivity index (χ3n) is 4.44. The van der Waals surface area contributed by atoms with Crippen LogP contribution in [0.1, 0.15) is 29.5 Å². The van der Waals surface area contributed by atoms with Gasteiger partial charge in [-0.25, -0.2) is 8.42 Å². The van der Waals surface area contributed by atoms with E-state index in [-0.39, 0.29) is 24.0 Å². The summed E-state index contributed by atoms with van der Waals surface area (Å²) in [5.74, 6) is 0.722. The zero-order chi connectivity index (χ0) is 21.1. The summed E-state index contributed by atoms with van der Waals surface area (Å²) in [5, 5.41) is 6.54. The molecule has 2 rings (SSSR count). The highest BCUT2D eigenvalue weighted by atomic mass is 127. The molecule has 0 aliphatic rings. The van der Waals surface area contributed by atoms with Crippen LogP contribution in [0.3, 0.4) is 0 Å². The SMILES string of the molecule is CN=C(NCCCCOCc1ccccc1)NCc1ccc(S(C)(=O)=O)c(C)c1.I. The summed E-state index contributed by atoms with van der Waals surface area (Å²) in [5.41, 5.74) is 2.95. The normalized spacial score (nSPS) is 11.6. The molecule has 0 bridgehead atoms. The molecule has 0 heterocycles. The first-order valence-electron chi connectivity index (χ1n) is 9.76. The number of hydrogen-bond donors (Lipinski definition) is 2. The van der Waals surface area contributed by atoms with Gasteiger partial charge in [-0.3, -0.25) is 4.99 Å². The molecule has 0 amide bonds. The largest absolute Gasteiger partial charge is 0.377 e. The minimum Gasteiger partial charge on any atom is -0.377 e. The fourth-order valence-electron chi connectivity index (χ4n) is 2.94. The van der Waals surface area contributed by atoms with Gasteiger partial charge in [0.2, 0.25) is 0 Å². The summed E-state index contributed by atoms with van der Waals surface area (Å²) < 4.78 is 29.1. The number of unbranched alkanes of at least 4 members (excludes halogenated alkanes) is 1. The lowest BCUT2D eigenvalue weighted by Crippen LogP contribution is -2.37. The van der Waals surface area contributed by atoms with E-state index in [1.807, 2.05) is 37.3 Å². The van der Waals surface area contributed by atoms with Crippen LogP contribution in [-0.4, -0.2) is 40.8 Å². The molecule has 2 aromatic carbocycles. The highest BCUT2D eigenvalue weighted by molar-refractivity contribution is 14.0. The fraction of sp³-hybridized carbons (Fsp3) is 0.409. The van der Waals surface area contributed by atoms with Crippen molar-refractivity contribution in [1.29, 1.82) is 0 Å². The van der Waals surface area contributed by atoms with E-state index in [1.54, 1.807) is 13.1 Å². The van der Waals surface area contributed by atoms with E-state index in [0.717, 1.165) is 43.1 Å². The Bertz CT molecular complexity index is 903. The van der Waals surface area contributed by atoms with Gasteiger partial charge in [-0.05, 0) is 42.5 Å². The van der Waals surface area contributed by atoms with Crippen LogP contribution < -0.4 is 10.6 Å². The number of rotatable bonds is 10. The minimum atomic E-state index is -3.19. The van der Waals surface area contributed by atoms with Crippen molar-refractivity contribution in [3.63, 3.8) is 0 Å². The van der Waals surface area contributed by atoms with Crippen LogP contribution in [0.2, 0.25) is 0 Å². The zero-order valence-corrected chi connectivity index (χ0v) is 21.0. The molecule has 2 N–H and O–H groups in total. The van der Waals surface area contributed by atoms with Gasteiger partial charge in [-0.1, -0.05) is 42.5 Å². The van der Waals surface area contributed by atoms with Gasteiger partial charge in [-0.15, -0.1) is 24.0 Å². The lowest BCUT2D eigenvalue weighted by atomic mass is 10.1. The third-order valence-corrected chi connectivity index (χ3v) is 5.70. The van der Waals surface area contributed by atoms with Gasteiger partial charge in [0.05, 0.1) is 11.5 Å². The predicted octanol–water partition coefficient (Wildman–Crippen LogP) is 3.68. The van der Waals surface area contributed by atoms with Crippen LogP contribution in [0.4, 0.5) is 0 Å². The van der Waals surface area contributed by atoms with E-state index in [1.165, 1.54) is 11.8 Å². The molecule has 166 valence electrons. The molecule has 6 nitrogen and oxygen atoms in total. The number of halogens is 1. The van der Waals surface area contributed by atoms with Crippen molar-refractivity contribution >= 4 is 39.8 Å². The Labute approximate surface area is 197 Å². The molecule has 0 unspecified atom stereocenters. The summed E-state index contributed by atoms with van der Waals surface area (Å²) in [6, 6.07) is 15.5. The Morgan fingerprint density at radius 1 is 1.03 bits per heavy atom. The summed E-state index contributed by atoms with van der Waals surface area (Å²) in [6.07, 6.45) is 3.19. The van der Waals surface area contributed by atoms with Crippen LogP contribution in [0.5, 0.6) is 0 Å². The topological polar surface area (TPSA) is 79.8 Å². The van der Waals surface area contributed by atoms with E-state index in [0.29, 0.717) is 18.0 Å². The smallest absolute Gasteiger partial charge is 0.191 e. The van der Waals surface area contributed by atoms with Gasteiger partial charge in [0.15, 0.2) is 15.8 Å². The van der Waals surface area contributed by atoms with E-state index < -0.39 is 9.84 Å². The highest BCUT2D eigenvalue weighted by Gasteiger charge is 2.10. The van der Waals surface area contributed by atoms with Crippen LogP contribution >= 0.6 is 24.0 Å². The first-order chi connectivity index (χ1) is 13.9. The standard InChI is InChI=1S/C22H31N3O3S.HI/c1-18-15-20(11-12-21(18)29(3,26)27)16-25-22(23-2)24-13-7-8-14-28-17-19-9-5-4-6-10-19;/h4-6,9-12,15H,7-8,13-14,16-17H2,1-3H3,(H2,23,24,25);1H. The molecule has 0 aliphatic heterocycles. The molecular formula is C22H32IN3O3S. The zero-order valence-electron chi connectivity index (χ0n) is 17.8. The van der Waals surface area contributed by atoms with Crippen LogP contribution in [0, 0.1) is 6.92 Å². The summed E-state index contributed by atoms with van der Waals surface area (Å²) in [7, 11) is -1.46. The third kappa shape index (κ3) is 9.44. The van der Waals surface area contributed by atoms with Gasteiger partial charge in [0.1, 0.15) is 0 Å². The summed E-state index contributed by atoms with van der Waals surface area (Å²) >= 11 is 0. The maximum Gasteiger partial charge on any atom is 0.191 e. The molecule has 0 spiro atoms. The van der Waals surface area contributed by atoms with Crippen molar-refractivity contribution in [2.45, 2.75) is 37.8 Å². The van der Waals surface area contributed by atoms with Crippen molar-refractivity contribution in [1.82, 2.24) is 10.6 Å². The second kappa shape index (κ2) is 13.6. The second-order valence-corrected chi connectivity index (χ2v) is 8.95. The predicted molar refractivity (Wildman–Crippen MR) is 133 cm³/mol. The quantitative estimate of drug-likeness (QED) is 0.206. The monoisotopic (exact) mass is 545 g/mol. The number of nitrogens with one attached hydrogen (secondary N) is 2. The maximum atomic E-state index is 11.7. The van der Waals surface area contributed by atoms with Gasteiger partial charge in [-0.2, -0.15) is 0 Å². The maximum absolute atomic E-state index is 11.7. The fourth-order valence-corrected chi connectivity index (χ4v) is 3.90. The summed E-state index contributed by atoms with van der Waals surface area (Å²) in [4.78, 5) is 4.60. The first-order valence-corrected chi connectivity index (χ1v) is 11.6. The molecule has 0 atom stereocenters. The number of sulfone groups is 1. The van der Waals surface area contributed by atoms with E-state index in [4.69, 9.17) is 4.74 Å². The second-order valence-electron chi connectivity index (χ2n) is 6.97.